The number of likely N-dealkylation sites (N-methyl/N-ethyl adjacent to an activating group) is 1. The Hall–Kier alpha value is -1.02. The van der Waals surface area contributed by atoms with E-state index in [1.54, 1.807) is 0 Å². The smallest absolute Gasteiger partial charge is 0.119 e. The largest absolute Gasteiger partial charge is 0.489 e. The van der Waals surface area contributed by atoms with Crippen LogP contribution < -0.4 is 10.1 Å². The monoisotopic (exact) mass is 291 g/mol. The van der Waals surface area contributed by atoms with E-state index in [-0.39, 0.29) is 6.10 Å². The van der Waals surface area contributed by atoms with Crippen molar-refractivity contribution in [1.82, 2.24) is 5.32 Å². The van der Waals surface area contributed by atoms with Gasteiger partial charge in [0.1, 0.15) is 11.9 Å². The lowest BCUT2D eigenvalue weighted by Gasteiger charge is -2.27. The van der Waals surface area contributed by atoms with E-state index >= 15 is 0 Å². The average Bonchev–Trinajstić information content (AvgIpc) is 2.52. The van der Waals surface area contributed by atoms with Crippen LogP contribution in [-0.2, 0) is 0 Å². The Morgan fingerprint density at radius 2 is 1.67 bits per heavy atom. The minimum absolute atomic E-state index is 0.249. The van der Waals surface area contributed by atoms with E-state index in [1.807, 2.05) is 0 Å². The predicted octanol–water partition coefficient (Wildman–Crippen LogP) is 5.14. The van der Waals surface area contributed by atoms with Gasteiger partial charge in [-0.3, -0.25) is 0 Å². The average molecular weight is 291 g/mol. The molecule has 0 aliphatic rings. The standard InChI is InChI=1S/C19H33NO/c1-6-10-18(20-9-4)19(8-3)21-17-13-11-16(12-14-17)15(5)7-2/h11-15,18-20H,6-10H2,1-5H3. The lowest BCUT2D eigenvalue weighted by molar-refractivity contribution is 0.143. The van der Waals surface area contributed by atoms with Gasteiger partial charge in [0.15, 0.2) is 0 Å². The van der Waals surface area contributed by atoms with Gasteiger partial charge >= 0.3 is 0 Å². The van der Waals surface area contributed by atoms with Crippen LogP contribution in [0.1, 0.15) is 71.8 Å². The van der Waals surface area contributed by atoms with Crippen LogP contribution in [0, 0.1) is 0 Å². The van der Waals surface area contributed by atoms with Gasteiger partial charge in [0.05, 0.1) is 0 Å². The molecular formula is C19H33NO. The summed E-state index contributed by atoms with van der Waals surface area (Å²) in [6.07, 6.45) is 4.81. The Bertz CT molecular complexity index is 368. The highest BCUT2D eigenvalue weighted by Gasteiger charge is 2.20. The topological polar surface area (TPSA) is 21.3 Å². The van der Waals surface area contributed by atoms with Crippen molar-refractivity contribution in [3.8, 4) is 5.75 Å². The Balaban J connectivity index is 2.71. The number of hydrogen-bond donors (Lipinski definition) is 1. The van der Waals surface area contributed by atoms with E-state index in [2.05, 4.69) is 64.2 Å². The summed E-state index contributed by atoms with van der Waals surface area (Å²) in [5.41, 5.74) is 1.40. The van der Waals surface area contributed by atoms with Gasteiger partial charge in [0.25, 0.3) is 0 Å². The molecule has 3 unspecified atom stereocenters. The van der Waals surface area contributed by atoms with E-state index in [0.717, 1.165) is 25.1 Å². The molecule has 0 heterocycles. The lowest BCUT2D eigenvalue weighted by atomic mass is 9.99. The molecule has 1 rings (SSSR count). The molecule has 0 amide bonds. The molecule has 0 aromatic heterocycles. The van der Waals surface area contributed by atoms with Gasteiger partial charge in [-0.1, -0.05) is 53.2 Å². The molecule has 0 aliphatic heterocycles. The summed E-state index contributed by atoms with van der Waals surface area (Å²) in [4.78, 5) is 0. The second-order valence-electron chi connectivity index (χ2n) is 5.90. The molecule has 120 valence electrons. The van der Waals surface area contributed by atoms with Crippen molar-refractivity contribution in [3.05, 3.63) is 29.8 Å². The molecule has 2 nitrogen and oxygen atoms in total. The molecule has 1 N–H and O–H groups in total. The van der Waals surface area contributed by atoms with E-state index in [1.165, 1.54) is 18.4 Å². The molecule has 0 fully saturated rings. The Kier molecular flexibility index (Phi) is 8.44. The Labute approximate surface area is 131 Å². The maximum Gasteiger partial charge on any atom is 0.119 e. The molecule has 3 atom stereocenters. The zero-order valence-electron chi connectivity index (χ0n) is 14.5. The van der Waals surface area contributed by atoms with Gasteiger partial charge in [0.2, 0.25) is 0 Å². The Morgan fingerprint density at radius 3 is 2.14 bits per heavy atom. The van der Waals surface area contributed by atoms with Gasteiger partial charge in [-0.25, -0.2) is 0 Å². The molecule has 0 radical (unpaired) electrons. The summed E-state index contributed by atoms with van der Waals surface area (Å²) in [6.45, 7) is 12.1. The molecule has 0 aliphatic carbocycles. The summed E-state index contributed by atoms with van der Waals surface area (Å²) in [7, 11) is 0. The third kappa shape index (κ3) is 5.70. The summed E-state index contributed by atoms with van der Waals surface area (Å²) >= 11 is 0. The SMILES string of the molecule is CCCC(NCC)C(CC)Oc1ccc(C(C)CC)cc1. The van der Waals surface area contributed by atoms with Crippen LogP contribution >= 0.6 is 0 Å². The summed E-state index contributed by atoms with van der Waals surface area (Å²) in [5.74, 6) is 1.61. The number of rotatable bonds is 10. The molecule has 1 aromatic carbocycles. The predicted molar refractivity (Wildman–Crippen MR) is 92.2 cm³/mol. The van der Waals surface area contributed by atoms with Crippen LogP contribution in [0.3, 0.4) is 0 Å². The van der Waals surface area contributed by atoms with Crippen LogP contribution in [0.15, 0.2) is 24.3 Å². The summed E-state index contributed by atoms with van der Waals surface area (Å²) < 4.78 is 6.24. The molecule has 1 aromatic rings. The Morgan fingerprint density at radius 1 is 1.00 bits per heavy atom. The van der Waals surface area contributed by atoms with Crippen molar-refractivity contribution < 1.29 is 4.74 Å². The van der Waals surface area contributed by atoms with E-state index in [9.17, 15) is 0 Å². The first-order valence-corrected chi connectivity index (χ1v) is 8.66. The minimum atomic E-state index is 0.249. The first-order chi connectivity index (χ1) is 10.2. The third-order valence-electron chi connectivity index (χ3n) is 4.27. The van der Waals surface area contributed by atoms with Gasteiger partial charge in [-0.2, -0.15) is 0 Å². The highest BCUT2D eigenvalue weighted by molar-refractivity contribution is 5.29. The van der Waals surface area contributed by atoms with Crippen molar-refractivity contribution in [2.45, 2.75) is 78.4 Å². The first-order valence-electron chi connectivity index (χ1n) is 8.66. The molecule has 0 spiro atoms. The van der Waals surface area contributed by atoms with Crippen molar-refractivity contribution in [2.24, 2.45) is 0 Å². The number of benzene rings is 1. The number of ether oxygens (including phenoxy) is 1. The summed E-state index contributed by atoms with van der Waals surface area (Å²) in [5, 5.41) is 3.57. The summed E-state index contributed by atoms with van der Waals surface area (Å²) in [6, 6.07) is 9.11. The normalized spacial score (nSPS) is 15.5. The number of hydrogen-bond acceptors (Lipinski definition) is 2. The molecule has 21 heavy (non-hydrogen) atoms. The lowest BCUT2D eigenvalue weighted by Crippen LogP contribution is -2.42. The fraction of sp³-hybridized carbons (Fsp3) is 0.684. The first kappa shape index (κ1) is 18.0. The molecular weight excluding hydrogens is 258 g/mol. The minimum Gasteiger partial charge on any atom is -0.489 e. The van der Waals surface area contributed by atoms with Crippen LogP contribution in [0.5, 0.6) is 5.75 Å². The second-order valence-corrected chi connectivity index (χ2v) is 5.90. The van der Waals surface area contributed by atoms with E-state index in [0.29, 0.717) is 12.0 Å². The van der Waals surface area contributed by atoms with Gasteiger partial charge < -0.3 is 10.1 Å². The zero-order chi connectivity index (χ0) is 15.7. The molecule has 0 saturated heterocycles. The van der Waals surface area contributed by atoms with E-state index < -0.39 is 0 Å². The molecule has 0 saturated carbocycles. The van der Waals surface area contributed by atoms with Crippen LogP contribution in [0.4, 0.5) is 0 Å². The van der Waals surface area contributed by atoms with Crippen molar-refractivity contribution in [3.63, 3.8) is 0 Å². The van der Waals surface area contributed by atoms with Gasteiger partial charge in [-0.15, -0.1) is 0 Å². The maximum atomic E-state index is 6.24. The van der Waals surface area contributed by atoms with Gasteiger partial charge in [0, 0.05) is 6.04 Å². The van der Waals surface area contributed by atoms with Crippen LogP contribution in [-0.4, -0.2) is 18.7 Å². The molecule has 0 bridgehead atoms. The van der Waals surface area contributed by atoms with Crippen molar-refractivity contribution >= 4 is 0 Å². The maximum absolute atomic E-state index is 6.24. The highest BCUT2D eigenvalue weighted by atomic mass is 16.5. The number of nitrogens with one attached hydrogen (secondary N) is 1. The van der Waals surface area contributed by atoms with Crippen LogP contribution in [0.25, 0.3) is 0 Å². The third-order valence-corrected chi connectivity index (χ3v) is 4.27. The zero-order valence-corrected chi connectivity index (χ0v) is 14.5. The fourth-order valence-corrected chi connectivity index (χ4v) is 2.73. The quantitative estimate of drug-likeness (QED) is 0.645. The highest BCUT2D eigenvalue weighted by Crippen LogP contribution is 2.23. The van der Waals surface area contributed by atoms with E-state index in [4.69, 9.17) is 4.74 Å². The van der Waals surface area contributed by atoms with Crippen LogP contribution in [0.2, 0.25) is 0 Å². The van der Waals surface area contributed by atoms with Gasteiger partial charge in [-0.05, 0) is 49.4 Å². The fourth-order valence-electron chi connectivity index (χ4n) is 2.73. The van der Waals surface area contributed by atoms with Crippen molar-refractivity contribution in [1.29, 1.82) is 0 Å². The molecule has 2 heteroatoms. The second kappa shape index (κ2) is 9.83. The van der Waals surface area contributed by atoms with Crippen molar-refractivity contribution in [2.75, 3.05) is 6.54 Å².